The summed E-state index contributed by atoms with van der Waals surface area (Å²) < 4.78 is 2.01. The van der Waals surface area contributed by atoms with Crippen LogP contribution in [0.4, 0.5) is 0 Å². The van der Waals surface area contributed by atoms with Crippen LogP contribution in [0, 0.1) is 0 Å². The molecule has 0 aliphatic heterocycles. The van der Waals surface area contributed by atoms with Crippen LogP contribution in [-0.2, 0) is 13.0 Å². The third-order valence-electron chi connectivity index (χ3n) is 2.24. The van der Waals surface area contributed by atoms with Gasteiger partial charge in [-0.1, -0.05) is 12.5 Å². The first kappa shape index (κ1) is 11.0. The van der Waals surface area contributed by atoms with Crippen LogP contribution in [0.1, 0.15) is 32.2 Å². The quantitative estimate of drug-likeness (QED) is 0.792. The molecule has 0 atom stereocenters. The number of nitrogens with two attached hydrogens (primary N) is 1. The van der Waals surface area contributed by atoms with Gasteiger partial charge in [0.1, 0.15) is 0 Å². The molecule has 1 aromatic heterocycles. The van der Waals surface area contributed by atoms with E-state index in [0.29, 0.717) is 6.54 Å². The van der Waals surface area contributed by atoms with Gasteiger partial charge in [0.25, 0.3) is 0 Å². The van der Waals surface area contributed by atoms with E-state index in [4.69, 9.17) is 5.73 Å². The summed E-state index contributed by atoms with van der Waals surface area (Å²) in [5.41, 5.74) is 9.04. The highest BCUT2D eigenvalue weighted by Crippen LogP contribution is 2.09. The Morgan fingerprint density at radius 3 is 2.79 bits per heavy atom. The Morgan fingerprint density at radius 1 is 1.57 bits per heavy atom. The number of hydrogen-bond donors (Lipinski definition) is 1. The molecule has 1 aromatic rings. The fourth-order valence-corrected chi connectivity index (χ4v) is 1.34. The molecule has 0 bridgehead atoms. The van der Waals surface area contributed by atoms with Crippen molar-refractivity contribution in [2.24, 2.45) is 5.73 Å². The van der Waals surface area contributed by atoms with Gasteiger partial charge in [-0.05, 0) is 32.4 Å². The van der Waals surface area contributed by atoms with E-state index in [1.54, 1.807) is 0 Å². The molecule has 2 N–H and O–H groups in total. The van der Waals surface area contributed by atoms with E-state index < -0.39 is 0 Å². The fraction of sp³-hybridized carbons (Fsp3) is 0.545. The van der Waals surface area contributed by atoms with Crippen LogP contribution in [-0.4, -0.2) is 16.3 Å². The van der Waals surface area contributed by atoms with Crippen LogP contribution >= 0.6 is 0 Å². The van der Waals surface area contributed by atoms with E-state index in [0.717, 1.165) is 24.4 Å². The minimum Gasteiger partial charge on any atom is -0.327 e. The van der Waals surface area contributed by atoms with Gasteiger partial charge in [-0.15, -0.1) is 0 Å². The van der Waals surface area contributed by atoms with E-state index in [-0.39, 0.29) is 0 Å². The average molecular weight is 193 g/mol. The van der Waals surface area contributed by atoms with Crippen molar-refractivity contribution < 1.29 is 0 Å². The number of nitrogens with zero attached hydrogens (tertiary/aromatic N) is 2. The zero-order valence-electron chi connectivity index (χ0n) is 9.25. The van der Waals surface area contributed by atoms with Crippen molar-refractivity contribution >= 4 is 6.08 Å². The van der Waals surface area contributed by atoms with Crippen LogP contribution in [0.5, 0.6) is 0 Å². The van der Waals surface area contributed by atoms with E-state index >= 15 is 0 Å². The minimum atomic E-state index is 0.607. The summed E-state index contributed by atoms with van der Waals surface area (Å²) in [4.78, 5) is 0. The van der Waals surface area contributed by atoms with Gasteiger partial charge in [0.2, 0.25) is 0 Å². The second kappa shape index (κ2) is 4.96. The first-order valence-electron chi connectivity index (χ1n) is 5.15. The first-order chi connectivity index (χ1) is 6.71. The van der Waals surface area contributed by atoms with Crippen molar-refractivity contribution in [2.45, 2.75) is 33.7 Å². The summed E-state index contributed by atoms with van der Waals surface area (Å²) in [5.74, 6) is 0. The average Bonchev–Trinajstić information content (AvgIpc) is 2.60. The maximum absolute atomic E-state index is 5.55. The molecule has 0 saturated carbocycles. The monoisotopic (exact) mass is 193 g/mol. The summed E-state index contributed by atoms with van der Waals surface area (Å²) in [6.07, 6.45) is 3.09. The van der Waals surface area contributed by atoms with Gasteiger partial charge in [0.15, 0.2) is 0 Å². The molecule has 0 aliphatic carbocycles. The largest absolute Gasteiger partial charge is 0.327 e. The Morgan fingerprint density at radius 2 is 2.29 bits per heavy atom. The molecule has 0 fully saturated rings. The Kier molecular flexibility index (Phi) is 3.89. The lowest BCUT2D eigenvalue weighted by Gasteiger charge is -2.00. The Balaban J connectivity index is 3.00. The van der Waals surface area contributed by atoms with Crippen LogP contribution < -0.4 is 5.73 Å². The topological polar surface area (TPSA) is 43.8 Å². The SMILES string of the molecule is CCc1cc(/C=C(/C)CN)n(CC)n1. The van der Waals surface area contributed by atoms with Crippen LogP contribution in [0.2, 0.25) is 0 Å². The predicted octanol–water partition coefficient (Wildman–Crippen LogP) is 1.83. The van der Waals surface area contributed by atoms with Crippen LogP contribution in [0.25, 0.3) is 6.08 Å². The molecule has 3 heteroatoms. The van der Waals surface area contributed by atoms with Gasteiger partial charge in [-0.3, -0.25) is 4.68 Å². The van der Waals surface area contributed by atoms with Crippen molar-refractivity contribution in [1.82, 2.24) is 9.78 Å². The van der Waals surface area contributed by atoms with Crippen molar-refractivity contribution in [3.63, 3.8) is 0 Å². The molecule has 0 aliphatic rings. The lowest BCUT2D eigenvalue weighted by molar-refractivity contribution is 0.642. The first-order valence-corrected chi connectivity index (χ1v) is 5.15. The molecule has 0 spiro atoms. The van der Waals surface area contributed by atoms with E-state index in [9.17, 15) is 0 Å². The lowest BCUT2D eigenvalue weighted by atomic mass is 10.2. The molecule has 0 aromatic carbocycles. The molecule has 78 valence electrons. The van der Waals surface area contributed by atoms with Crippen molar-refractivity contribution in [2.75, 3.05) is 6.54 Å². The zero-order chi connectivity index (χ0) is 10.6. The lowest BCUT2D eigenvalue weighted by Crippen LogP contribution is -2.02. The summed E-state index contributed by atoms with van der Waals surface area (Å²) >= 11 is 0. The molecule has 1 heterocycles. The Bertz CT molecular complexity index is 323. The highest BCUT2D eigenvalue weighted by atomic mass is 15.3. The summed E-state index contributed by atoms with van der Waals surface area (Å²) in [6.45, 7) is 7.77. The summed E-state index contributed by atoms with van der Waals surface area (Å²) in [7, 11) is 0. The van der Waals surface area contributed by atoms with Gasteiger partial charge in [-0.2, -0.15) is 5.10 Å². The molecule has 0 saturated heterocycles. The molecule has 0 amide bonds. The molecule has 0 unspecified atom stereocenters. The van der Waals surface area contributed by atoms with Crippen molar-refractivity contribution in [3.05, 3.63) is 23.0 Å². The summed E-state index contributed by atoms with van der Waals surface area (Å²) in [5, 5.41) is 4.47. The maximum Gasteiger partial charge on any atom is 0.0628 e. The van der Waals surface area contributed by atoms with E-state index in [1.165, 1.54) is 5.57 Å². The molecule has 14 heavy (non-hydrogen) atoms. The van der Waals surface area contributed by atoms with Gasteiger partial charge in [0, 0.05) is 13.1 Å². The molecule has 0 radical (unpaired) electrons. The smallest absolute Gasteiger partial charge is 0.0628 e. The standard InChI is InChI=1S/C11H19N3/c1-4-10-7-11(6-9(3)8-12)14(5-2)13-10/h6-7H,4-5,8,12H2,1-3H3/b9-6-. The van der Waals surface area contributed by atoms with E-state index in [1.807, 2.05) is 11.6 Å². The van der Waals surface area contributed by atoms with Gasteiger partial charge in [0.05, 0.1) is 11.4 Å². The van der Waals surface area contributed by atoms with Crippen molar-refractivity contribution in [3.8, 4) is 0 Å². The highest BCUT2D eigenvalue weighted by Gasteiger charge is 2.02. The van der Waals surface area contributed by atoms with Crippen LogP contribution in [0.15, 0.2) is 11.6 Å². The fourth-order valence-electron chi connectivity index (χ4n) is 1.34. The number of hydrogen-bond acceptors (Lipinski definition) is 2. The molecular weight excluding hydrogens is 174 g/mol. The minimum absolute atomic E-state index is 0.607. The Labute approximate surface area is 85.6 Å². The molecule has 1 rings (SSSR count). The third-order valence-corrected chi connectivity index (χ3v) is 2.24. The van der Waals surface area contributed by atoms with Crippen LogP contribution in [0.3, 0.4) is 0 Å². The second-order valence-corrected chi connectivity index (χ2v) is 3.42. The zero-order valence-corrected chi connectivity index (χ0v) is 9.25. The van der Waals surface area contributed by atoms with Gasteiger partial charge >= 0.3 is 0 Å². The van der Waals surface area contributed by atoms with Gasteiger partial charge in [-0.25, -0.2) is 0 Å². The predicted molar refractivity (Wildman–Crippen MR) is 60.0 cm³/mol. The molecular formula is C11H19N3. The molecule has 3 nitrogen and oxygen atoms in total. The van der Waals surface area contributed by atoms with Crippen molar-refractivity contribution in [1.29, 1.82) is 0 Å². The number of rotatable bonds is 4. The number of aromatic nitrogens is 2. The normalized spacial score (nSPS) is 12.1. The summed E-state index contributed by atoms with van der Waals surface area (Å²) in [6, 6.07) is 2.13. The highest BCUT2D eigenvalue weighted by molar-refractivity contribution is 5.49. The van der Waals surface area contributed by atoms with E-state index in [2.05, 4.69) is 31.1 Å². The third kappa shape index (κ3) is 2.45. The number of aryl methyl sites for hydroxylation is 2. The second-order valence-electron chi connectivity index (χ2n) is 3.42. The van der Waals surface area contributed by atoms with Gasteiger partial charge < -0.3 is 5.73 Å². The maximum atomic E-state index is 5.55. The Hall–Kier alpha value is -1.09.